The highest BCUT2D eigenvalue weighted by Crippen LogP contribution is 2.68. The van der Waals surface area contributed by atoms with E-state index < -0.39 is 5.60 Å². The van der Waals surface area contributed by atoms with Crippen LogP contribution in [0, 0.1) is 34.5 Å². The van der Waals surface area contributed by atoms with E-state index in [0.29, 0.717) is 17.3 Å². The third-order valence-corrected chi connectivity index (χ3v) is 10.3. The molecule has 0 aromatic heterocycles. The Morgan fingerprint density at radius 3 is 2.41 bits per heavy atom. The Hall–Kier alpha value is -1.12. The lowest BCUT2D eigenvalue weighted by molar-refractivity contribution is -0.146. The Morgan fingerprint density at radius 1 is 0.931 bits per heavy atom. The summed E-state index contributed by atoms with van der Waals surface area (Å²) < 4.78 is 0. The molecule has 0 bridgehead atoms. The highest BCUT2D eigenvalue weighted by atomic mass is 16.3. The number of aliphatic hydroxyl groups is 2. The van der Waals surface area contributed by atoms with Gasteiger partial charge in [-0.15, -0.1) is 0 Å². The lowest BCUT2D eigenvalue weighted by Gasteiger charge is -2.61. The molecule has 1 aromatic rings. The fourth-order valence-electron chi connectivity index (χ4n) is 8.33. The van der Waals surface area contributed by atoms with Crippen molar-refractivity contribution in [1.29, 1.82) is 0 Å². The fourth-order valence-corrected chi connectivity index (χ4v) is 8.33. The summed E-state index contributed by atoms with van der Waals surface area (Å²) in [6, 6.07) is 10.5. The van der Waals surface area contributed by atoms with Crippen LogP contribution >= 0.6 is 0 Å². The minimum absolute atomic E-state index is 0.0915. The first-order chi connectivity index (χ1) is 13.7. The Labute approximate surface area is 176 Å². The summed E-state index contributed by atoms with van der Waals surface area (Å²) in [7, 11) is 0. The summed E-state index contributed by atoms with van der Waals surface area (Å²) in [6.07, 6.45) is 11.1. The van der Waals surface area contributed by atoms with E-state index in [2.05, 4.69) is 57.2 Å². The van der Waals surface area contributed by atoms with Crippen LogP contribution in [0.5, 0.6) is 0 Å². The summed E-state index contributed by atoms with van der Waals surface area (Å²) in [5.41, 5.74) is 2.33. The molecule has 8 atom stereocenters. The predicted molar refractivity (Wildman–Crippen MR) is 118 cm³/mol. The molecule has 29 heavy (non-hydrogen) atoms. The minimum Gasteiger partial charge on any atom is -0.390 e. The maximum Gasteiger partial charge on any atom is 0.0756 e. The molecule has 158 valence electrons. The van der Waals surface area contributed by atoms with Crippen LogP contribution < -0.4 is 0 Å². The van der Waals surface area contributed by atoms with Crippen LogP contribution in [0.25, 0.3) is 6.08 Å². The zero-order valence-corrected chi connectivity index (χ0v) is 18.4. The van der Waals surface area contributed by atoms with E-state index >= 15 is 0 Å². The zero-order chi connectivity index (χ0) is 20.4. The minimum atomic E-state index is -0.498. The van der Waals surface area contributed by atoms with Crippen molar-refractivity contribution in [3.63, 3.8) is 0 Å². The lowest BCUT2D eigenvalue weighted by Crippen LogP contribution is -2.56. The van der Waals surface area contributed by atoms with Gasteiger partial charge in [0.2, 0.25) is 0 Å². The highest BCUT2D eigenvalue weighted by molar-refractivity contribution is 5.54. The van der Waals surface area contributed by atoms with Gasteiger partial charge in [0.15, 0.2) is 0 Å². The highest BCUT2D eigenvalue weighted by Gasteiger charge is 2.63. The second-order valence-electron chi connectivity index (χ2n) is 11.5. The molecule has 2 nitrogen and oxygen atoms in total. The largest absolute Gasteiger partial charge is 0.390 e. The lowest BCUT2D eigenvalue weighted by atomic mass is 9.44. The van der Waals surface area contributed by atoms with Crippen LogP contribution in [-0.2, 0) is 0 Å². The molecule has 4 fully saturated rings. The van der Waals surface area contributed by atoms with Crippen LogP contribution in [0.4, 0.5) is 0 Å². The average Bonchev–Trinajstić information content (AvgIpc) is 2.93. The molecular weight excluding hydrogens is 356 g/mol. The summed E-state index contributed by atoms with van der Waals surface area (Å²) in [6.45, 7) is 7.01. The van der Waals surface area contributed by atoms with E-state index in [1.165, 1.54) is 36.8 Å². The Morgan fingerprint density at radius 2 is 1.66 bits per heavy atom. The van der Waals surface area contributed by atoms with Gasteiger partial charge in [-0.1, -0.05) is 50.3 Å². The standard InChI is InChI=1S/C27H38O2/c1-25-17-19(15-18-7-5-4-6-8-18)24(28)16-20(25)9-10-21-22(25)11-13-26(2)23(21)12-14-27(26,3)29/h4-8,15,20-24,28-29H,9-14,16-17H2,1-3H3/t20-,21-,22+,23-,24+,25-,26+,27-/m0/s1. The molecule has 0 saturated heterocycles. The van der Waals surface area contributed by atoms with E-state index in [1.54, 1.807) is 0 Å². The number of hydrogen-bond donors (Lipinski definition) is 2. The van der Waals surface area contributed by atoms with Crippen molar-refractivity contribution in [2.45, 2.75) is 83.8 Å². The second kappa shape index (κ2) is 6.69. The van der Waals surface area contributed by atoms with E-state index in [9.17, 15) is 10.2 Å². The van der Waals surface area contributed by atoms with Crippen LogP contribution in [0.1, 0.15) is 77.7 Å². The van der Waals surface area contributed by atoms with Gasteiger partial charge in [0.05, 0.1) is 11.7 Å². The zero-order valence-electron chi connectivity index (χ0n) is 18.4. The SMILES string of the molecule is C[C@]12CC(=Cc3ccccc3)[C@H](O)C[C@@H]1CC[C@H]1[C@H]2CC[C@]2(C)[C@H]1CC[C@]2(C)O. The molecule has 0 heterocycles. The van der Waals surface area contributed by atoms with Crippen molar-refractivity contribution >= 4 is 6.08 Å². The summed E-state index contributed by atoms with van der Waals surface area (Å²) >= 11 is 0. The van der Waals surface area contributed by atoms with E-state index in [-0.39, 0.29) is 11.5 Å². The van der Waals surface area contributed by atoms with Gasteiger partial charge in [-0.3, -0.25) is 0 Å². The number of fused-ring (bicyclic) bond motifs is 5. The third-order valence-electron chi connectivity index (χ3n) is 10.3. The quantitative estimate of drug-likeness (QED) is 0.629. The Bertz CT molecular complexity index is 796. The molecule has 0 spiro atoms. The smallest absolute Gasteiger partial charge is 0.0756 e. The average molecular weight is 395 g/mol. The van der Waals surface area contributed by atoms with Crippen LogP contribution in [-0.4, -0.2) is 21.9 Å². The molecule has 4 saturated carbocycles. The molecule has 4 aliphatic carbocycles. The second-order valence-corrected chi connectivity index (χ2v) is 11.5. The molecular formula is C27H38O2. The Balaban J connectivity index is 1.46. The first kappa shape index (κ1) is 19.8. The first-order valence-corrected chi connectivity index (χ1v) is 11.9. The monoisotopic (exact) mass is 394 g/mol. The predicted octanol–water partition coefficient (Wildman–Crippen LogP) is 5.83. The molecule has 0 unspecified atom stereocenters. The molecule has 2 heteroatoms. The first-order valence-electron chi connectivity index (χ1n) is 11.9. The molecule has 4 aliphatic rings. The van der Waals surface area contributed by atoms with Gasteiger partial charge in [0, 0.05) is 0 Å². The molecule has 2 N–H and O–H groups in total. The summed E-state index contributed by atoms with van der Waals surface area (Å²) in [5, 5.41) is 22.1. The van der Waals surface area contributed by atoms with Gasteiger partial charge in [0.25, 0.3) is 0 Å². The van der Waals surface area contributed by atoms with Gasteiger partial charge in [0.1, 0.15) is 0 Å². The molecule has 1 aromatic carbocycles. The van der Waals surface area contributed by atoms with Crippen LogP contribution in [0.15, 0.2) is 35.9 Å². The third kappa shape index (κ3) is 2.89. The van der Waals surface area contributed by atoms with Gasteiger partial charge in [-0.25, -0.2) is 0 Å². The van der Waals surface area contributed by atoms with Gasteiger partial charge >= 0.3 is 0 Å². The summed E-state index contributed by atoms with van der Waals surface area (Å²) in [4.78, 5) is 0. The molecule has 0 radical (unpaired) electrons. The van der Waals surface area contributed by atoms with Crippen molar-refractivity contribution in [3.8, 4) is 0 Å². The molecule has 0 amide bonds. The van der Waals surface area contributed by atoms with Crippen molar-refractivity contribution < 1.29 is 10.2 Å². The normalized spacial score (nSPS) is 50.7. The Kier molecular flexibility index (Phi) is 4.57. The maximum absolute atomic E-state index is 11.1. The number of hydrogen-bond acceptors (Lipinski definition) is 2. The number of benzene rings is 1. The van der Waals surface area contributed by atoms with Crippen molar-refractivity contribution in [1.82, 2.24) is 0 Å². The van der Waals surface area contributed by atoms with E-state index in [4.69, 9.17) is 0 Å². The van der Waals surface area contributed by atoms with Crippen LogP contribution in [0.2, 0.25) is 0 Å². The van der Waals surface area contributed by atoms with Crippen LogP contribution in [0.3, 0.4) is 0 Å². The topological polar surface area (TPSA) is 40.5 Å². The van der Waals surface area contributed by atoms with Gasteiger partial charge in [-0.05, 0) is 104 Å². The van der Waals surface area contributed by atoms with Crippen molar-refractivity contribution in [3.05, 3.63) is 41.5 Å². The van der Waals surface area contributed by atoms with Gasteiger partial charge in [-0.2, -0.15) is 0 Å². The van der Waals surface area contributed by atoms with E-state index in [0.717, 1.165) is 37.5 Å². The van der Waals surface area contributed by atoms with E-state index in [1.807, 2.05) is 0 Å². The van der Waals surface area contributed by atoms with Crippen molar-refractivity contribution in [2.75, 3.05) is 0 Å². The number of aliphatic hydroxyl groups excluding tert-OH is 1. The maximum atomic E-state index is 11.1. The van der Waals surface area contributed by atoms with Crippen molar-refractivity contribution in [2.24, 2.45) is 34.5 Å². The van der Waals surface area contributed by atoms with Gasteiger partial charge < -0.3 is 10.2 Å². The number of rotatable bonds is 1. The summed E-state index contributed by atoms with van der Waals surface area (Å²) in [5.74, 6) is 2.79. The molecule has 0 aliphatic heterocycles. The molecule has 5 rings (SSSR count). The fraction of sp³-hybridized carbons (Fsp3) is 0.704.